The van der Waals surface area contributed by atoms with Gasteiger partial charge in [0.2, 0.25) is 5.91 Å². The molecule has 120 valence electrons. The number of anilines is 1. The maximum atomic E-state index is 14.7. The molecule has 1 aliphatic rings. The molecule has 0 atom stereocenters. The van der Waals surface area contributed by atoms with E-state index in [1.807, 2.05) is 6.92 Å². The van der Waals surface area contributed by atoms with Crippen molar-refractivity contribution in [1.29, 1.82) is 0 Å². The smallest absolute Gasteiger partial charge is 0.230 e. The van der Waals surface area contributed by atoms with E-state index in [0.29, 0.717) is 15.6 Å². The lowest BCUT2D eigenvalue weighted by Gasteiger charge is -2.17. The van der Waals surface area contributed by atoms with Gasteiger partial charge in [0.1, 0.15) is 5.82 Å². The molecular formula is C18H16BrF2NO. The van der Waals surface area contributed by atoms with Crippen molar-refractivity contribution in [2.24, 2.45) is 5.41 Å². The van der Waals surface area contributed by atoms with Crippen LogP contribution < -0.4 is 5.32 Å². The average Bonchev–Trinajstić information content (AvgIpc) is 3.27. The van der Waals surface area contributed by atoms with Crippen LogP contribution in [0.3, 0.4) is 0 Å². The molecule has 23 heavy (non-hydrogen) atoms. The third kappa shape index (κ3) is 2.90. The zero-order valence-electron chi connectivity index (χ0n) is 12.8. The highest BCUT2D eigenvalue weighted by Crippen LogP contribution is 2.47. The molecular weight excluding hydrogens is 364 g/mol. The normalized spacial score (nSPS) is 15.3. The van der Waals surface area contributed by atoms with E-state index in [0.717, 1.165) is 12.8 Å². The number of carbonyl (C=O) groups is 1. The first-order valence-electron chi connectivity index (χ1n) is 7.38. The van der Waals surface area contributed by atoms with Gasteiger partial charge < -0.3 is 5.32 Å². The van der Waals surface area contributed by atoms with E-state index in [2.05, 4.69) is 21.2 Å². The summed E-state index contributed by atoms with van der Waals surface area (Å²) in [7, 11) is 0. The molecule has 3 rings (SSSR count). The van der Waals surface area contributed by atoms with E-state index in [-0.39, 0.29) is 17.2 Å². The van der Waals surface area contributed by atoms with Gasteiger partial charge in [0.15, 0.2) is 5.82 Å². The van der Waals surface area contributed by atoms with Gasteiger partial charge in [0.25, 0.3) is 0 Å². The van der Waals surface area contributed by atoms with Gasteiger partial charge in [-0.05, 0) is 31.9 Å². The minimum absolute atomic E-state index is 0.0360. The standard InChI is InChI=1S/C18H16BrF2NO/c1-10-13(19)9-12(11-5-3-4-6-14(11)20)16(15(10)21)22-17(23)18(2)7-8-18/h3-6,9H,7-8H2,1-2H3,(H,22,23). The summed E-state index contributed by atoms with van der Waals surface area (Å²) in [4.78, 5) is 12.3. The van der Waals surface area contributed by atoms with Crippen molar-refractivity contribution in [2.45, 2.75) is 26.7 Å². The third-order valence-corrected chi connectivity index (χ3v) is 5.22. The van der Waals surface area contributed by atoms with Crippen LogP contribution in [0.15, 0.2) is 34.8 Å². The maximum Gasteiger partial charge on any atom is 0.230 e. The number of halogens is 3. The second kappa shape index (κ2) is 5.71. The molecule has 0 radical (unpaired) electrons. The Morgan fingerprint density at radius 3 is 2.48 bits per heavy atom. The predicted molar refractivity (Wildman–Crippen MR) is 90.2 cm³/mol. The van der Waals surface area contributed by atoms with Crippen molar-refractivity contribution in [1.82, 2.24) is 0 Å². The Morgan fingerprint density at radius 1 is 1.22 bits per heavy atom. The van der Waals surface area contributed by atoms with Crippen molar-refractivity contribution < 1.29 is 13.6 Å². The molecule has 0 spiro atoms. The van der Waals surface area contributed by atoms with E-state index in [4.69, 9.17) is 0 Å². The van der Waals surface area contributed by atoms with Crippen molar-refractivity contribution in [2.75, 3.05) is 5.32 Å². The number of carbonyl (C=O) groups excluding carboxylic acids is 1. The molecule has 1 saturated carbocycles. The van der Waals surface area contributed by atoms with Crippen molar-refractivity contribution in [3.63, 3.8) is 0 Å². The van der Waals surface area contributed by atoms with Crippen LogP contribution in [0.25, 0.3) is 11.1 Å². The van der Waals surface area contributed by atoms with Crippen LogP contribution in [0.4, 0.5) is 14.5 Å². The SMILES string of the molecule is Cc1c(Br)cc(-c2ccccc2F)c(NC(=O)C2(C)CC2)c1F. The van der Waals surface area contributed by atoms with Crippen LogP contribution >= 0.6 is 15.9 Å². The van der Waals surface area contributed by atoms with E-state index >= 15 is 0 Å². The minimum atomic E-state index is -0.546. The lowest BCUT2D eigenvalue weighted by atomic mass is 9.99. The van der Waals surface area contributed by atoms with Crippen molar-refractivity contribution in [3.8, 4) is 11.1 Å². The summed E-state index contributed by atoms with van der Waals surface area (Å²) in [6.45, 7) is 3.45. The van der Waals surface area contributed by atoms with E-state index in [1.54, 1.807) is 31.2 Å². The predicted octanol–water partition coefficient (Wildman–Crippen LogP) is 5.44. The van der Waals surface area contributed by atoms with Crippen molar-refractivity contribution in [3.05, 3.63) is 52.0 Å². The fraction of sp³-hybridized carbons (Fsp3) is 0.278. The summed E-state index contributed by atoms with van der Waals surface area (Å²) in [5.41, 5.74) is 0.550. The largest absolute Gasteiger partial charge is 0.323 e. The Morgan fingerprint density at radius 2 is 1.87 bits per heavy atom. The Balaban J connectivity index is 2.15. The molecule has 0 aromatic heterocycles. The van der Waals surface area contributed by atoms with Crippen LogP contribution in [0.1, 0.15) is 25.3 Å². The summed E-state index contributed by atoms with van der Waals surface area (Å²) in [6.07, 6.45) is 1.57. The fourth-order valence-electron chi connectivity index (χ4n) is 2.41. The monoisotopic (exact) mass is 379 g/mol. The number of amides is 1. The van der Waals surface area contributed by atoms with Gasteiger partial charge in [-0.3, -0.25) is 4.79 Å². The number of hydrogen-bond acceptors (Lipinski definition) is 1. The molecule has 1 aliphatic carbocycles. The van der Waals surface area contributed by atoms with Gasteiger partial charge in [0.05, 0.1) is 5.69 Å². The highest BCUT2D eigenvalue weighted by atomic mass is 79.9. The highest BCUT2D eigenvalue weighted by molar-refractivity contribution is 9.10. The van der Waals surface area contributed by atoms with Crippen LogP contribution in [-0.4, -0.2) is 5.91 Å². The number of nitrogens with one attached hydrogen (secondary N) is 1. The van der Waals surface area contributed by atoms with E-state index in [9.17, 15) is 13.6 Å². The molecule has 2 aromatic carbocycles. The van der Waals surface area contributed by atoms with Gasteiger partial charge in [0, 0.05) is 26.6 Å². The first-order chi connectivity index (χ1) is 10.8. The summed E-state index contributed by atoms with van der Waals surface area (Å²) in [5, 5.41) is 2.67. The topological polar surface area (TPSA) is 29.1 Å². The lowest BCUT2D eigenvalue weighted by molar-refractivity contribution is -0.120. The van der Waals surface area contributed by atoms with E-state index < -0.39 is 17.0 Å². The quantitative estimate of drug-likeness (QED) is 0.755. The molecule has 0 bridgehead atoms. The molecule has 0 unspecified atom stereocenters. The number of rotatable bonds is 3. The summed E-state index contributed by atoms with van der Waals surface area (Å²) in [5.74, 6) is -1.23. The summed E-state index contributed by atoms with van der Waals surface area (Å²) >= 11 is 3.30. The van der Waals surface area contributed by atoms with Gasteiger partial charge in [-0.1, -0.05) is 41.1 Å². The second-order valence-corrected chi connectivity index (χ2v) is 7.07. The summed E-state index contributed by atoms with van der Waals surface area (Å²) < 4.78 is 29.4. The Kier molecular flexibility index (Phi) is 4.00. The average molecular weight is 380 g/mol. The van der Waals surface area contributed by atoms with Crippen LogP contribution in [0.2, 0.25) is 0 Å². The number of hydrogen-bond donors (Lipinski definition) is 1. The molecule has 0 aliphatic heterocycles. The highest BCUT2D eigenvalue weighted by Gasteiger charge is 2.45. The summed E-state index contributed by atoms with van der Waals surface area (Å²) in [6, 6.07) is 7.77. The first-order valence-corrected chi connectivity index (χ1v) is 8.18. The van der Waals surface area contributed by atoms with Gasteiger partial charge >= 0.3 is 0 Å². The lowest BCUT2D eigenvalue weighted by Crippen LogP contribution is -2.22. The van der Waals surface area contributed by atoms with Crippen LogP contribution in [-0.2, 0) is 4.79 Å². The molecule has 1 fully saturated rings. The molecule has 0 saturated heterocycles. The Labute approximate surface area is 142 Å². The van der Waals surface area contributed by atoms with Crippen molar-refractivity contribution >= 4 is 27.5 Å². The van der Waals surface area contributed by atoms with Gasteiger partial charge in [-0.2, -0.15) is 0 Å². The molecule has 0 heterocycles. The molecule has 5 heteroatoms. The molecule has 1 amide bonds. The zero-order valence-corrected chi connectivity index (χ0v) is 14.4. The molecule has 1 N–H and O–H groups in total. The molecule has 2 nitrogen and oxygen atoms in total. The Hall–Kier alpha value is -1.75. The minimum Gasteiger partial charge on any atom is -0.323 e. The second-order valence-electron chi connectivity index (χ2n) is 6.21. The maximum absolute atomic E-state index is 14.7. The first kappa shape index (κ1) is 16.1. The molecule has 2 aromatic rings. The Bertz CT molecular complexity index is 800. The van der Waals surface area contributed by atoms with Crippen LogP contribution in [0.5, 0.6) is 0 Å². The van der Waals surface area contributed by atoms with Crippen LogP contribution in [0, 0.1) is 24.0 Å². The third-order valence-electron chi connectivity index (χ3n) is 4.40. The zero-order chi connectivity index (χ0) is 16.8. The van der Waals surface area contributed by atoms with E-state index in [1.165, 1.54) is 6.07 Å². The number of benzene rings is 2. The fourth-order valence-corrected chi connectivity index (χ4v) is 2.81. The van der Waals surface area contributed by atoms with Gasteiger partial charge in [-0.25, -0.2) is 8.78 Å². The van der Waals surface area contributed by atoms with Gasteiger partial charge in [-0.15, -0.1) is 0 Å².